The fourth-order valence-corrected chi connectivity index (χ4v) is 2.42. The number of carboxylic acid groups (broad SMARTS) is 1. The lowest BCUT2D eigenvalue weighted by molar-refractivity contribution is -0.137. The van der Waals surface area contributed by atoms with Gasteiger partial charge in [-0.1, -0.05) is 30.3 Å². The van der Waals surface area contributed by atoms with E-state index in [4.69, 9.17) is 5.11 Å². The fraction of sp³-hybridized carbons (Fsp3) is 0.316. The Labute approximate surface area is 147 Å². The zero-order chi connectivity index (χ0) is 17.9. The maximum atomic E-state index is 12.5. The van der Waals surface area contributed by atoms with E-state index >= 15 is 0 Å². The minimum Gasteiger partial charge on any atom is -0.481 e. The molecule has 0 atom stereocenters. The average molecular weight is 341 g/mol. The standard InChI is InChI=1S/C19H23N3O3/c23-18(24)7-4-11-21-19(25)22(15-17-8-12-20-13-9-17)14-10-16-5-2-1-3-6-16/h1-3,5-6,8-9,12-13H,4,7,10-11,14-15H2,(H,21,25)(H,23,24). The van der Waals surface area contributed by atoms with Gasteiger partial charge in [-0.05, 0) is 36.1 Å². The second-order valence-electron chi connectivity index (χ2n) is 5.74. The van der Waals surface area contributed by atoms with Crippen molar-refractivity contribution < 1.29 is 14.7 Å². The van der Waals surface area contributed by atoms with Crippen LogP contribution in [0.2, 0.25) is 0 Å². The molecule has 0 aliphatic carbocycles. The molecule has 0 spiro atoms. The van der Waals surface area contributed by atoms with E-state index in [9.17, 15) is 9.59 Å². The van der Waals surface area contributed by atoms with Gasteiger partial charge in [0.2, 0.25) is 0 Å². The molecule has 2 N–H and O–H groups in total. The smallest absolute Gasteiger partial charge is 0.317 e. The summed E-state index contributed by atoms with van der Waals surface area (Å²) in [6.07, 6.45) is 4.64. The normalized spacial score (nSPS) is 10.2. The van der Waals surface area contributed by atoms with Crippen molar-refractivity contribution in [2.75, 3.05) is 13.1 Å². The first kappa shape index (κ1) is 18.4. The highest BCUT2D eigenvalue weighted by Crippen LogP contribution is 2.07. The van der Waals surface area contributed by atoms with Crippen LogP contribution in [-0.2, 0) is 17.8 Å². The highest BCUT2D eigenvalue weighted by molar-refractivity contribution is 5.74. The zero-order valence-electron chi connectivity index (χ0n) is 14.1. The van der Waals surface area contributed by atoms with Crippen molar-refractivity contribution in [2.45, 2.75) is 25.8 Å². The van der Waals surface area contributed by atoms with E-state index < -0.39 is 5.97 Å². The van der Waals surface area contributed by atoms with Crippen molar-refractivity contribution in [3.8, 4) is 0 Å². The summed E-state index contributed by atoms with van der Waals surface area (Å²) >= 11 is 0. The third kappa shape index (κ3) is 7.03. The van der Waals surface area contributed by atoms with Crippen molar-refractivity contribution in [2.24, 2.45) is 0 Å². The van der Waals surface area contributed by atoms with E-state index in [-0.39, 0.29) is 12.5 Å². The molecule has 1 aromatic heterocycles. The number of rotatable bonds is 9. The Morgan fingerprint density at radius 2 is 1.76 bits per heavy atom. The Hall–Kier alpha value is -2.89. The van der Waals surface area contributed by atoms with Crippen LogP contribution in [-0.4, -0.2) is 40.1 Å². The third-order valence-corrected chi connectivity index (χ3v) is 3.77. The van der Waals surface area contributed by atoms with E-state index in [0.717, 1.165) is 12.0 Å². The lowest BCUT2D eigenvalue weighted by Gasteiger charge is -2.23. The minimum absolute atomic E-state index is 0.0502. The number of urea groups is 1. The molecule has 0 aliphatic rings. The van der Waals surface area contributed by atoms with Gasteiger partial charge in [-0.3, -0.25) is 9.78 Å². The number of carboxylic acids is 1. The van der Waals surface area contributed by atoms with Crippen LogP contribution in [0, 0.1) is 0 Å². The van der Waals surface area contributed by atoms with Crippen LogP contribution in [0.3, 0.4) is 0 Å². The van der Waals surface area contributed by atoms with Crippen molar-refractivity contribution >= 4 is 12.0 Å². The number of aromatic nitrogens is 1. The molecule has 0 saturated carbocycles. The van der Waals surface area contributed by atoms with Crippen LogP contribution in [0.4, 0.5) is 4.79 Å². The molecule has 0 aliphatic heterocycles. The molecule has 25 heavy (non-hydrogen) atoms. The van der Waals surface area contributed by atoms with Crippen LogP contribution in [0.15, 0.2) is 54.9 Å². The van der Waals surface area contributed by atoms with Gasteiger partial charge in [0, 0.05) is 38.4 Å². The van der Waals surface area contributed by atoms with Crippen LogP contribution in [0.25, 0.3) is 0 Å². The van der Waals surface area contributed by atoms with Crippen molar-refractivity contribution in [1.29, 1.82) is 0 Å². The summed E-state index contributed by atoms with van der Waals surface area (Å²) in [6.45, 7) is 1.42. The van der Waals surface area contributed by atoms with E-state index in [2.05, 4.69) is 10.3 Å². The second-order valence-corrected chi connectivity index (χ2v) is 5.74. The van der Waals surface area contributed by atoms with Gasteiger partial charge in [0.05, 0.1) is 0 Å². The van der Waals surface area contributed by atoms with Gasteiger partial charge >= 0.3 is 12.0 Å². The minimum atomic E-state index is -0.855. The Morgan fingerprint density at radius 1 is 1.04 bits per heavy atom. The highest BCUT2D eigenvalue weighted by Gasteiger charge is 2.13. The Morgan fingerprint density at radius 3 is 2.44 bits per heavy atom. The summed E-state index contributed by atoms with van der Waals surface area (Å²) in [5.41, 5.74) is 2.17. The number of pyridine rings is 1. The first-order chi connectivity index (χ1) is 12.1. The summed E-state index contributed by atoms with van der Waals surface area (Å²) < 4.78 is 0. The van der Waals surface area contributed by atoms with Gasteiger partial charge in [0.25, 0.3) is 0 Å². The lowest BCUT2D eigenvalue weighted by Crippen LogP contribution is -2.41. The molecule has 0 fully saturated rings. The zero-order valence-corrected chi connectivity index (χ0v) is 14.1. The molecule has 0 saturated heterocycles. The van der Waals surface area contributed by atoms with Gasteiger partial charge in [0.1, 0.15) is 0 Å². The molecule has 132 valence electrons. The quantitative estimate of drug-likeness (QED) is 0.687. The molecular weight excluding hydrogens is 318 g/mol. The topological polar surface area (TPSA) is 82.5 Å². The molecule has 1 aromatic carbocycles. The monoisotopic (exact) mass is 341 g/mol. The lowest BCUT2D eigenvalue weighted by atomic mass is 10.1. The highest BCUT2D eigenvalue weighted by atomic mass is 16.4. The van der Waals surface area contributed by atoms with E-state index in [1.807, 2.05) is 42.5 Å². The van der Waals surface area contributed by atoms with Gasteiger partial charge < -0.3 is 15.3 Å². The average Bonchev–Trinajstić information content (AvgIpc) is 2.63. The number of carbonyl (C=O) groups excluding carboxylic acids is 1. The molecule has 2 amide bonds. The molecule has 0 bridgehead atoms. The molecular formula is C19H23N3O3. The number of hydrogen-bond acceptors (Lipinski definition) is 3. The molecule has 2 rings (SSSR count). The molecule has 6 heteroatoms. The van der Waals surface area contributed by atoms with Gasteiger partial charge in [-0.15, -0.1) is 0 Å². The number of aliphatic carboxylic acids is 1. The number of hydrogen-bond donors (Lipinski definition) is 2. The Balaban J connectivity index is 1.93. The SMILES string of the molecule is O=C(O)CCCNC(=O)N(CCc1ccccc1)Cc1ccncc1. The van der Waals surface area contributed by atoms with Crippen LogP contribution < -0.4 is 5.32 Å². The summed E-state index contributed by atoms with van der Waals surface area (Å²) in [5, 5.41) is 11.5. The first-order valence-corrected chi connectivity index (χ1v) is 8.32. The Bertz CT molecular complexity index is 662. The van der Waals surface area contributed by atoms with Gasteiger partial charge in [0.15, 0.2) is 0 Å². The van der Waals surface area contributed by atoms with Crippen LogP contribution in [0.1, 0.15) is 24.0 Å². The van der Waals surface area contributed by atoms with E-state index in [1.54, 1.807) is 17.3 Å². The predicted molar refractivity (Wildman–Crippen MR) is 95.1 cm³/mol. The van der Waals surface area contributed by atoms with Crippen molar-refractivity contribution in [3.05, 3.63) is 66.0 Å². The summed E-state index contributed by atoms with van der Waals surface area (Å²) in [4.78, 5) is 28.7. The maximum Gasteiger partial charge on any atom is 0.317 e. The van der Waals surface area contributed by atoms with Gasteiger partial charge in [-0.25, -0.2) is 4.79 Å². The number of amides is 2. The molecule has 6 nitrogen and oxygen atoms in total. The number of carbonyl (C=O) groups is 2. The maximum absolute atomic E-state index is 12.5. The number of nitrogens with one attached hydrogen (secondary N) is 1. The summed E-state index contributed by atoms with van der Waals surface area (Å²) in [7, 11) is 0. The largest absolute Gasteiger partial charge is 0.481 e. The van der Waals surface area contributed by atoms with E-state index in [0.29, 0.717) is 26.1 Å². The predicted octanol–water partition coefficient (Wildman–Crippen LogP) is 2.70. The van der Waals surface area contributed by atoms with Crippen molar-refractivity contribution in [1.82, 2.24) is 15.2 Å². The van der Waals surface area contributed by atoms with Crippen LogP contribution in [0.5, 0.6) is 0 Å². The van der Waals surface area contributed by atoms with Crippen molar-refractivity contribution in [3.63, 3.8) is 0 Å². The molecule has 1 heterocycles. The van der Waals surface area contributed by atoms with Gasteiger partial charge in [-0.2, -0.15) is 0 Å². The molecule has 2 aromatic rings. The van der Waals surface area contributed by atoms with E-state index in [1.165, 1.54) is 5.56 Å². The summed E-state index contributed by atoms with van der Waals surface area (Å²) in [5.74, 6) is -0.855. The first-order valence-electron chi connectivity index (χ1n) is 8.32. The van der Waals surface area contributed by atoms with Crippen LogP contribution >= 0.6 is 0 Å². The molecule has 0 radical (unpaired) electrons. The number of nitrogens with zero attached hydrogens (tertiary/aromatic N) is 2. The number of benzene rings is 1. The second kappa shape index (κ2) is 10.1. The Kier molecular flexibility index (Phi) is 7.43. The third-order valence-electron chi connectivity index (χ3n) is 3.77. The summed E-state index contributed by atoms with van der Waals surface area (Å²) in [6, 6.07) is 13.6. The fourth-order valence-electron chi connectivity index (χ4n) is 2.42. The molecule has 0 unspecified atom stereocenters.